The van der Waals surface area contributed by atoms with Crippen molar-refractivity contribution >= 4 is 5.91 Å². The Morgan fingerprint density at radius 3 is 3.27 bits per heavy atom. The van der Waals surface area contributed by atoms with E-state index in [1.54, 1.807) is 6.07 Å². The van der Waals surface area contributed by atoms with Crippen LogP contribution in [0.25, 0.3) is 0 Å². The van der Waals surface area contributed by atoms with Crippen molar-refractivity contribution in [1.29, 1.82) is 0 Å². The molecule has 1 amide bonds. The Morgan fingerprint density at radius 2 is 2.60 bits per heavy atom. The first-order valence-corrected chi connectivity index (χ1v) is 5.09. The molecule has 82 valence electrons. The number of carbonyl (C=O) groups excluding carboxylic acids is 1. The summed E-state index contributed by atoms with van der Waals surface area (Å²) < 4.78 is 7.38. The van der Waals surface area contributed by atoms with Crippen LogP contribution in [0.4, 0.5) is 0 Å². The van der Waals surface area contributed by atoms with Gasteiger partial charge in [-0.25, -0.2) is 5.84 Å². The van der Waals surface area contributed by atoms with E-state index in [-0.39, 0.29) is 12.0 Å². The zero-order chi connectivity index (χ0) is 10.7. The summed E-state index contributed by atoms with van der Waals surface area (Å²) in [5, 5.41) is 0. The SMILES string of the molecule is NNC(=O)c1cccn1CC1CCCO1. The van der Waals surface area contributed by atoms with Crippen LogP contribution in [-0.4, -0.2) is 23.2 Å². The topological polar surface area (TPSA) is 69.3 Å². The average molecular weight is 209 g/mol. The number of hydrogen-bond acceptors (Lipinski definition) is 3. The van der Waals surface area contributed by atoms with Crippen molar-refractivity contribution in [3.63, 3.8) is 0 Å². The molecule has 0 saturated carbocycles. The second-order valence-electron chi connectivity index (χ2n) is 3.65. The Labute approximate surface area is 88.2 Å². The minimum atomic E-state index is -0.266. The molecule has 0 bridgehead atoms. The predicted molar refractivity (Wildman–Crippen MR) is 55.1 cm³/mol. The van der Waals surface area contributed by atoms with Crippen molar-refractivity contribution in [2.45, 2.75) is 25.5 Å². The lowest BCUT2D eigenvalue weighted by atomic mass is 10.2. The van der Waals surface area contributed by atoms with Crippen LogP contribution in [0.1, 0.15) is 23.3 Å². The monoisotopic (exact) mass is 209 g/mol. The van der Waals surface area contributed by atoms with Crippen LogP contribution < -0.4 is 11.3 Å². The van der Waals surface area contributed by atoms with E-state index < -0.39 is 0 Å². The highest BCUT2D eigenvalue weighted by Crippen LogP contribution is 2.15. The number of aromatic nitrogens is 1. The first-order chi connectivity index (χ1) is 7.31. The molecule has 2 rings (SSSR count). The highest BCUT2D eigenvalue weighted by atomic mass is 16.5. The molecule has 1 fully saturated rings. The molecule has 2 heterocycles. The fourth-order valence-electron chi connectivity index (χ4n) is 1.86. The van der Waals surface area contributed by atoms with Crippen molar-refractivity contribution in [3.8, 4) is 0 Å². The minimum Gasteiger partial charge on any atom is -0.376 e. The van der Waals surface area contributed by atoms with Gasteiger partial charge in [0.15, 0.2) is 0 Å². The third-order valence-corrected chi connectivity index (χ3v) is 2.62. The lowest BCUT2D eigenvalue weighted by molar-refractivity contribution is 0.0896. The van der Waals surface area contributed by atoms with Gasteiger partial charge in [0.25, 0.3) is 5.91 Å². The minimum absolute atomic E-state index is 0.224. The summed E-state index contributed by atoms with van der Waals surface area (Å²) in [7, 11) is 0. The van der Waals surface area contributed by atoms with Crippen LogP contribution >= 0.6 is 0 Å². The molecule has 3 N–H and O–H groups in total. The van der Waals surface area contributed by atoms with Gasteiger partial charge < -0.3 is 9.30 Å². The van der Waals surface area contributed by atoms with Gasteiger partial charge in [0.2, 0.25) is 0 Å². The average Bonchev–Trinajstić information content (AvgIpc) is 2.88. The first-order valence-electron chi connectivity index (χ1n) is 5.09. The molecular weight excluding hydrogens is 194 g/mol. The summed E-state index contributed by atoms with van der Waals surface area (Å²) in [6, 6.07) is 3.58. The quantitative estimate of drug-likeness (QED) is 0.426. The third kappa shape index (κ3) is 2.19. The van der Waals surface area contributed by atoms with Crippen LogP contribution in [0.3, 0.4) is 0 Å². The zero-order valence-corrected chi connectivity index (χ0v) is 8.48. The van der Waals surface area contributed by atoms with E-state index in [0.29, 0.717) is 5.69 Å². The van der Waals surface area contributed by atoms with E-state index in [1.807, 2.05) is 16.8 Å². The number of rotatable bonds is 3. The van der Waals surface area contributed by atoms with Crippen molar-refractivity contribution in [2.75, 3.05) is 6.61 Å². The smallest absolute Gasteiger partial charge is 0.281 e. The van der Waals surface area contributed by atoms with Crippen LogP contribution in [-0.2, 0) is 11.3 Å². The molecule has 1 unspecified atom stereocenters. The number of nitrogen functional groups attached to an aromatic ring is 1. The van der Waals surface area contributed by atoms with Crippen molar-refractivity contribution in [2.24, 2.45) is 5.84 Å². The molecular formula is C10H15N3O2. The number of carbonyl (C=O) groups is 1. The maximum atomic E-state index is 11.4. The van der Waals surface area contributed by atoms with Gasteiger partial charge in [0.1, 0.15) is 5.69 Å². The predicted octanol–water partition coefficient (Wildman–Crippen LogP) is 0.271. The Bertz CT molecular complexity index is 342. The van der Waals surface area contributed by atoms with E-state index in [2.05, 4.69) is 5.43 Å². The van der Waals surface area contributed by atoms with Crippen molar-refractivity contribution in [1.82, 2.24) is 9.99 Å². The maximum absolute atomic E-state index is 11.4. The largest absolute Gasteiger partial charge is 0.376 e. The van der Waals surface area contributed by atoms with Gasteiger partial charge in [0.05, 0.1) is 6.10 Å². The van der Waals surface area contributed by atoms with Crippen LogP contribution in [0.15, 0.2) is 18.3 Å². The van der Waals surface area contributed by atoms with E-state index in [9.17, 15) is 4.79 Å². The Hall–Kier alpha value is -1.33. The fraction of sp³-hybridized carbons (Fsp3) is 0.500. The normalized spacial score (nSPS) is 20.5. The molecule has 0 spiro atoms. The summed E-state index contributed by atoms with van der Waals surface area (Å²) >= 11 is 0. The maximum Gasteiger partial charge on any atom is 0.281 e. The number of ether oxygens (including phenoxy) is 1. The van der Waals surface area contributed by atoms with Crippen LogP contribution in [0.2, 0.25) is 0 Å². The van der Waals surface area contributed by atoms with Gasteiger partial charge in [0, 0.05) is 19.3 Å². The van der Waals surface area contributed by atoms with Gasteiger partial charge in [-0.15, -0.1) is 0 Å². The Balaban J connectivity index is 2.07. The van der Waals surface area contributed by atoms with Crippen LogP contribution in [0.5, 0.6) is 0 Å². The van der Waals surface area contributed by atoms with Crippen molar-refractivity contribution in [3.05, 3.63) is 24.0 Å². The molecule has 1 aliphatic rings. The molecule has 5 nitrogen and oxygen atoms in total. The number of nitrogens with zero attached hydrogens (tertiary/aromatic N) is 1. The van der Waals surface area contributed by atoms with Crippen LogP contribution in [0, 0.1) is 0 Å². The third-order valence-electron chi connectivity index (χ3n) is 2.62. The van der Waals surface area contributed by atoms with Gasteiger partial charge in [-0.1, -0.05) is 0 Å². The molecule has 0 radical (unpaired) electrons. The van der Waals surface area contributed by atoms with Gasteiger partial charge >= 0.3 is 0 Å². The fourth-order valence-corrected chi connectivity index (χ4v) is 1.86. The second kappa shape index (κ2) is 4.46. The van der Waals surface area contributed by atoms with E-state index in [4.69, 9.17) is 10.6 Å². The summed E-state index contributed by atoms with van der Waals surface area (Å²) in [6.07, 6.45) is 4.25. The Kier molecular flexibility index (Phi) is 3.03. The summed E-state index contributed by atoms with van der Waals surface area (Å²) in [6.45, 7) is 1.54. The van der Waals surface area contributed by atoms with Gasteiger partial charge in [-0.3, -0.25) is 10.2 Å². The second-order valence-corrected chi connectivity index (χ2v) is 3.65. The number of hydrogen-bond donors (Lipinski definition) is 2. The summed E-state index contributed by atoms with van der Waals surface area (Å²) in [5.41, 5.74) is 2.71. The first kappa shape index (κ1) is 10.2. The van der Waals surface area contributed by atoms with E-state index in [1.165, 1.54) is 0 Å². The number of hydrazine groups is 1. The molecule has 0 aromatic carbocycles. The highest BCUT2D eigenvalue weighted by Gasteiger charge is 2.18. The number of amides is 1. The molecule has 1 aliphatic heterocycles. The molecule has 1 aromatic heterocycles. The van der Waals surface area contributed by atoms with Gasteiger partial charge in [-0.2, -0.15) is 0 Å². The molecule has 1 atom stereocenters. The molecule has 1 saturated heterocycles. The standard InChI is InChI=1S/C10H15N3O2/c11-12-10(14)9-4-1-5-13(9)7-8-3-2-6-15-8/h1,4-5,8H,2-3,6-7,11H2,(H,12,14). The number of nitrogens with two attached hydrogens (primary N) is 1. The Morgan fingerprint density at radius 1 is 1.73 bits per heavy atom. The zero-order valence-electron chi connectivity index (χ0n) is 8.48. The molecule has 15 heavy (non-hydrogen) atoms. The molecule has 1 aromatic rings. The summed E-state index contributed by atoms with van der Waals surface area (Å²) in [5.74, 6) is 4.83. The molecule has 0 aliphatic carbocycles. The molecule has 5 heteroatoms. The summed E-state index contributed by atoms with van der Waals surface area (Å²) in [4.78, 5) is 11.4. The van der Waals surface area contributed by atoms with E-state index >= 15 is 0 Å². The van der Waals surface area contributed by atoms with E-state index in [0.717, 1.165) is 26.0 Å². The lowest BCUT2D eigenvalue weighted by Crippen LogP contribution is -2.32. The number of nitrogens with one attached hydrogen (secondary N) is 1. The highest BCUT2D eigenvalue weighted by molar-refractivity contribution is 5.92. The van der Waals surface area contributed by atoms with Crippen molar-refractivity contribution < 1.29 is 9.53 Å². The van der Waals surface area contributed by atoms with Gasteiger partial charge in [-0.05, 0) is 25.0 Å². The lowest BCUT2D eigenvalue weighted by Gasteiger charge is -2.12.